The molecule has 0 radical (unpaired) electrons. The summed E-state index contributed by atoms with van der Waals surface area (Å²) in [6.45, 7) is 0. The molecule has 0 aliphatic carbocycles. The van der Waals surface area contributed by atoms with Crippen LogP contribution in [0.5, 0.6) is 0 Å². The van der Waals surface area contributed by atoms with E-state index in [-0.39, 0.29) is 45.5 Å². The second kappa shape index (κ2) is 11.0. The zero-order valence-electron chi connectivity index (χ0n) is 21.2. The largest absolute Gasteiger partial charge is 0.477 e. The number of nitrogens with zero attached hydrogens (tertiary/aromatic N) is 5. The summed E-state index contributed by atoms with van der Waals surface area (Å²) in [5, 5.41) is 41.4. The van der Waals surface area contributed by atoms with Crippen LogP contribution in [0.1, 0.15) is 21.0 Å². The minimum absolute atomic E-state index is 0.120. The SMILES string of the molecule is O=C(O)c1cc(-c2ccc([N+](=O)[O-])cc2)cc(-c2cccc(-c3cc(-c4ccc([N+](=O)[O-])cc4)cc(C(=O)O)n3)n2)n1. The molecule has 3 heterocycles. The molecule has 206 valence electrons. The van der Waals surface area contributed by atoms with E-state index in [1.807, 2.05) is 0 Å². The fourth-order valence-electron chi connectivity index (χ4n) is 4.15. The van der Waals surface area contributed by atoms with Crippen molar-refractivity contribution >= 4 is 23.3 Å². The highest BCUT2D eigenvalue weighted by molar-refractivity contribution is 5.89. The normalized spacial score (nSPS) is 10.7. The van der Waals surface area contributed by atoms with Gasteiger partial charge in [0, 0.05) is 24.3 Å². The maximum atomic E-state index is 11.9. The van der Waals surface area contributed by atoms with E-state index in [9.17, 15) is 40.0 Å². The van der Waals surface area contributed by atoms with E-state index in [1.54, 1.807) is 30.3 Å². The lowest BCUT2D eigenvalue weighted by atomic mass is 10.0. The third kappa shape index (κ3) is 5.65. The Morgan fingerprint density at radius 3 is 1.24 bits per heavy atom. The van der Waals surface area contributed by atoms with Crippen LogP contribution in [0, 0.1) is 20.2 Å². The molecule has 13 nitrogen and oxygen atoms in total. The summed E-state index contributed by atoms with van der Waals surface area (Å²) in [4.78, 5) is 57.7. The second-order valence-corrected chi connectivity index (χ2v) is 8.88. The molecule has 0 aliphatic heterocycles. The predicted molar refractivity (Wildman–Crippen MR) is 149 cm³/mol. The molecule has 0 saturated heterocycles. The molecular formula is C29H17N5O8. The van der Waals surface area contributed by atoms with Gasteiger partial charge in [-0.1, -0.05) is 6.07 Å². The van der Waals surface area contributed by atoms with Crippen LogP contribution in [0.15, 0.2) is 91.0 Å². The molecule has 2 N–H and O–H groups in total. The number of pyridine rings is 3. The Bertz CT molecular complexity index is 1760. The highest BCUT2D eigenvalue weighted by Crippen LogP contribution is 2.30. The molecule has 0 atom stereocenters. The number of hydrogen-bond donors (Lipinski definition) is 2. The van der Waals surface area contributed by atoms with Crippen molar-refractivity contribution in [2.75, 3.05) is 0 Å². The lowest BCUT2D eigenvalue weighted by Crippen LogP contribution is -2.04. The Morgan fingerprint density at radius 2 is 0.905 bits per heavy atom. The monoisotopic (exact) mass is 563 g/mol. The van der Waals surface area contributed by atoms with Gasteiger partial charge in [0.2, 0.25) is 0 Å². The van der Waals surface area contributed by atoms with Crippen LogP contribution in [-0.2, 0) is 0 Å². The number of rotatable bonds is 8. The second-order valence-electron chi connectivity index (χ2n) is 8.88. The van der Waals surface area contributed by atoms with Gasteiger partial charge in [0.1, 0.15) is 11.4 Å². The van der Waals surface area contributed by atoms with Crippen molar-refractivity contribution in [3.63, 3.8) is 0 Å². The van der Waals surface area contributed by atoms with E-state index < -0.39 is 21.8 Å². The maximum absolute atomic E-state index is 11.9. The van der Waals surface area contributed by atoms with Crippen molar-refractivity contribution in [1.29, 1.82) is 0 Å². The van der Waals surface area contributed by atoms with Crippen molar-refractivity contribution in [2.45, 2.75) is 0 Å². The van der Waals surface area contributed by atoms with E-state index in [0.29, 0.717) is 22.3 Å². The average molecular weight is 563 g/mol. The van der Waals surface area contributed by atoms with Gasteiger partial charge >= 0.3 is 11.9 Å². The molecule has 0 fully saturated rings. The number of carbonyl (C=O) groups is 2. The molecule has 5 rings (SSSR count). The van der Waals surface area contributed by atoms with Crippen molar-refractivity contribution in [2.24, 2.45) is 0 Å². The van der Waals surface area contributed by atoms with Crippen molar-refractivity contribution < 1.29 is 29.6 Å². The lowest BCUT2D eigenvalue weighted by Gasteiger charge is -2.10. The molecule has 0 unspecified atom stereocenters. The summed E-state index contributed by atoms with van der Waals surface area (Å²) in [5.74, 6) is -2.58. The summed E-state index contributed by atoms with van der Waals surface area (Å²) in [6.07, 6.45) is 0. The van der Waals surface area contributed by atoms with Gasteiger partial charge in [0.25, 0.3) is 11.4 Å². The van der Waals surface area contributed by atoms with Crippen LogP contribution >= 0.6 is 0 Å². The lowest BCUT2D eigenvalue weighted by molar-refractivity contribution is -0.385. The Morgan fingerprint density at radius 1 is 0.524 bits per heavy atom. The summed E-state index contributed by atoms with van der Waals surface area (Å²) in [6, 6.07) is 21.9. The van der Waals surface area contributed by atoms with Gasteiger partial charge < -0.3 is 10.2 Å². The smallest absolute Gasteiger partial charge is 0.354 e. The zero-order valence-corrected chi connectivity index (χ0v) is 21.2. The number of nitro benzene ring substituents is 2. The molecule has 42 heavy (non-hydrogen) atoms. The Labute approximate surface area is 235 Å². The van der Waals surface area contributed by atoms with Gasteiger partial charge in [0.05, 0.1) is 32.6 Å². The number of carboxylic acid groups (broad SMARTS) is 2. The van der Waals surface area contributed by atoms with Crippen LogP contribution < -0.4 is 0 Å². The predicted octanol–water partition coefficient (Wildman–Crippen LogP) is 5.75. The number of non-ortho nitro benzene ring substituents is 2. The molecular weight excluding hydrogens is 546 g/mol. The van der Waals surface area contributed by atoms with Crippen LogP contribution in [-0.4, -0.2) is 47.0 Å². The van der Waals surface area contributed by atoms with E-state index in [4.69, 9.17) is 0 Å². The number of nitro groups is 2. The Kier molecular flexibility index (Phi) is 7.14. The summed E-state index contributed by atoms with van der Waals surface area (Å²) < 4.78 is 0. The topological polar surface area (TPSA) is 200 Å². The third-order valence-corrected chi connectivity index (χ3v) is 6.19. The number of carboxylic acids is 2. The average Bonchev–Trinajstić information content (AvgIpc) is 3.00. The summed E-state index contributed by atoms with van der Waals surface area (Å²) >= 11 is 0. The molecule has 5 aromatic rings. The zero-order chi connectivity index (χ0) is 30.0. The van der Waals surface area contributed by atoms with Gasteiger partial charge in [-0.3, -0.25) is 20.2 Å². The number of benzene rings is 2. The first-order chi connectivity index (χ1) is 20.1. The van der Waals surface area contributed by atoms with Gasteiger partial charge in [-0.2, -0.15) is 0 Å². The highest BCUT2D eigenvalue weighted by atomic mass is 16.6. The Hall–Kier alpha value is -6.37. The molecule has 0 saturated carbocycles. The fourth-order valence-corrected chi connectivity index (χ4v) is 4.15. The van der Waals surface area contributed by atoms with Crippen molar-refractivity contribution in [3.05, 3.63) is 123 Å². The first-order valence-electron chi connectivity index (χ1n) is 12.1. The minimum Gasteiger partial charge on any atom is -0.477 e. The number of aromatic carboxylic acids is 2. The van der Waals surface area contributed by atoms with E-state index >= 15 is 0 Å². The van der Waals surface area contributed by atoms with Crippen LogP contribution in [0.4, 0.5) is 11.4 Å². The van der Waals surface area contributed by atoms with Crippen LogP contribution in [0.3, 0.4) is 0 Å². The molecule has 0 bridgehead atoms. The molecule has 0 aliphatic rings. The molecule has 0 spiro atoms. The number of aromatic nitrogens is 3. The third-order valence-electron chi connectivity index (χ3n) is 6.19. The van der Waals surface area contributed by atoms with Gasteiger partial charge in [-0.05, 0) is 82.9 Å². The molecule has 2 aromatic carbocycles. The standard InChI is InChI=1S/C29H17N5O8/c35-28(36)26-14-18(16-4-8-20(9-5-16)33(39)40)12-24(31-26)22-2-1-3-23(30-22)25-13-19(15-27(32-25)29(37)38)17-6-10-21(11-7-17)34(41)42/h1-15H,(H,35,36)(H,37,38). The van der Waals surface area contributed by atoms with Gasteiger partial charge in [-0.15, -0.1) is 0 Å². The first kappa shape index (κ1) is 27.2. The van der Waals surface area contributed by atoms with Crippen LogP contribution in [0.2, 0.25) is 0 Å². The summed E-state index contributed by atoms with van der Waals surface area (Å²) in [7, 11) is 0. The molecule has 3 aromatic heterocycles. The Balaban J connectivity index is 1.59. The molecule has 13 heteroatoms. The van der Waals surface area contributed by atoms with E-state index in [0.717, 1.165) is 0 Å². The minimum atomic E-state index is -1.29. The van der Waals surface area contributed by atoms with Crippen molar-refractivity contribution in [3.8, 4) is 45.0 Å². The van der Waals surface area contributed by atoms with Gasteiger partial charge in [-0.25, -0.2) is 24.5 Å². The van der Waals surface area contributed by atoms with Crippen LogP contribution in [0.25, 0.3) is 45.0 Å². The molecule has 0 amide bonds. The quantitative estimate of drug-likeness (QED) is 0.172. The maximum Gasteiger partial charge on any atom is 0.354 e. The number of hydrogen-bond acceptors (Lipinski definition) is 9. The van der Waals surface area contributed by atoms with Crippen molar-refractivity contribution in [1.82, 2.24) is 15.0 Å². The first-order valence-corrected chi connectivity index (χ1v) is 12.1. The fraction of sp³-hybridized carbons (Fsp3) is 0. The van der Waals surface area contributed by atoms with Gasteiger partial charge in [0.15, 0.2) is 0 Å². The van der Waals surface area contributed by atoms with E-state index in [2.05, 4.69) is 15.0 Å². The highest BCUT2D eigenvalue weighted by Gasteiger charge is 2.17. The van der Waals surface area contributed by atoms with E-state index in [1.165, 1.54) is 60.7 Å². The summed E-state index contributed by atoms with van der Waals surface area (Å²) in [5.41, 5.74) is 2.02.